The van der Waals surface area contributed by atoms with Crippen molar-refractivity contribution < 1.29 is 24.1 Å². The van der Waals surface area contributed by atoms with Crippen LogP contribution in [0.3, 0.4) is 0 Å². The average molecular weight is 361 g/mol. The number of carbonyl (C=O) groups is 1. The Morgan fingerprint density at radius 3 is 2.68 bits per heavy atom. The molecule has 0 unspecified atom stereocenters. The second kappa shape index (κ2) is 4.78. The molecule has 0 bridgehead atoms. The summed E-state index contributed by atoms with van der Waals surface area (Å²) in [6.07, 6.45) is 1.63. The fourth-order valence-electron chi connectivity index (χ4n) is 2.36. The van der Waals surface area contributed by atoms with Gasteiger partial charge in [0.2, 0.25) is 12.6 Å². The first-order valence-corrected chi connectivity index (χ1v) is 7.27. The van der Waals surface area contributed by atoms with Crippen LogP contribution in [0.1, 0.15) is 15.9 Å². The molecular weight excluding hydrogens is 352 g/mol. The van der Waals surface area contributed by atoms with Gasteiger partial charge in [0.15, 0.2) is 17.3 Å². The Morgan fingerprint density at radius 1 is 1.09 bits per heavy atom. The molecule has 0 amide bonds. The van der Waals surface area contributed by atoms with E-state index in [0.29, 0.717) is 22.8 Å². The molecule has 0 radical (unpaired) electrons. The summed E-state index contributed by atoms with van der Waals surface area (Å²) in [7, 11) is 0. The summed E-state index contributed by atoms with van der Waals surface area (Å²) in [5.74, 6) is 1.65. The van der Waals surface area contributed by atoms with Gasteiger partial charge in [-0.05, 0) is 35.9 Å². The van der Waals surface area contributed by atoms with Crippen molar-refractivity contribution in [3.8, 4) is 23.0 Å². The van der Waals surface area contributed by atoms with E-state index in [4.69, 9.17) is 14.2 Å². The van der Waals surface area contributed by atoms with Crippen molar-refractivity contribution >= 4 is 27.8 Å². The van der Waals surface area contributed by atoms with Crippen LogP contribution < -0.4 is 14.2 Å². The molecule has 6 heteroatoms. The molecule has 2 aromatic rings. The van der Waals surface area contributed by atoms with Crippen molar-refractivity contribution in [1.29, 1.82) is 0 Å². The van der Waals surface area contributed by atoms with Gasteiger partial charge in [-0.2, -0.15) is 0 Å². The Balaban J connectivity index is 1.75. The maximum Gasteiger partial charge on any atom is 0.231 e. The highest BCUT2D eigenvalue weighted by atomic mass is 79.9. The third-order valence-corrected chi connectivity index (χ3v) is 4.12. The van der Waals surface area contributed by atoms with E-state index in [2.05, 4.69) is 15.9 Å². The maximum atomic E-state index is 12.3. The van der Waals surface area contributed by atoms with Crippen LogP contribution in [0.25, 0.3) is 6.08 Å². The lowest BCUT2D eigenvalue weighted by molar-refractivity contribution is 0.101. The van der Waals surface area contributed by atoms with E-state index in [0.717, 1.165) is 10.0 Å². The first-order valence-electron chi connectivity index (χ1n) is 6.48. The topological polar surface area (TPSA) is 65.0 Å². The van der Waals surface area contributed by atoms with Crippen molar-refractivity contribution in [2.75, 3.05) is 6.79 Å². The van der Waals surface area contributed by atoms with E-state index in [-0.39, 0.29) is 24.1 Å². The molecule has 0 spiro atoms. The minimum atomic E-state index is -0.223. The molecule has 4 rings (SSSR count). The number of hydrogen-bond acceptors (Lipinski definition) is 5. The van der Waals surface area contributed by atoms with Crippen LogP contribution >= 0.6 is 15.9 Å². The number of benzene rings is 2. The molecule has 2 aromatic carbocycles. The maximum absolute atomic E-state index is 12.3. The van der Waals surface area contributed by atoms with Gasteiger partial charge < -0.3 is 19.3 Å². The van der Waals surface area contributed by atoms with Gasteiger partial charge in [0.05, 0.1) is 5.56 Å². The number of allylic oxidation sites excluding steroid dienone is 1. The van der Waals surface area contributed by atoms with Gasteiger partial charge in [0.1, 0.15) is 11.5 Å². The highest BCUT2D eigenvalue weighted by Crippen LogP contribution is 2.39. The molecule has 0 aromatic heterocycles. The van der Waals surface area contributed by atoms with Crippen molar-refractivity contribution in [2.24, 2.45) is 0 Å². The van der Waals surface area contributed by atoms with Crippen molar-refractivity contribution in [2.45, 2.75) is 0 Å². The fourth-order valence-corrected chi connectivity index (χ4v) is 2.80. The van der Waals surface area contributed by atoms with Crippen LogP contribution in [-0.2, 0) is 0 Å². The van der Waals surface area contributed by atoms with Gasteiger partial charge in [-0.15, -0.1) is 0 Å². The highest BCUT2D eigenvalue weighted by molar-refractivity contribution is 9.10. The summed E-state index contributed by atoms with van der Waals surface area (Å²) in [4.78, 5) is 12.3. The van der Waals surface area contributed by atoms with Crippen LogP contribution in [0, 0.1) is 0 Å². The summed E-state index contributed by atoms with van der Waals surface area (Å²) in [5.41, 5.74) is 1.17. The molecule has 110 valence electrons. The number of phenols is 1. The number of rotatable bonds is 1. The Bertz CT molecular complexity index is 841. The Labute approximate surface area is 133 Å². The average Bonchev–Trinajstić information content (AvgIpc) is 3.04. The molecule has 2 aliphatic rings. The van der Waals surface area contributed by atoms with Gasteiger partial charge in [0.25, 0.3) is 0 Å². The number of hydrogen-bond donors (Lipinski definition) is 1. The summed E-state index contributed by atoms with van der Waals surface area (Å²) < 4.78 is 16.9. The third kappa shape index (κ3) is 2.03. The monoisotopic (exact) mass is 360 g/mol. The van der Waals surface area contributed by atoms with Crippen molar-refractivity contribution in [1.82, 2.24) is 0 Å². The van der Waals surface area contributed by atoms with E-state index >= 15 is 0 Å². The Hall–Kier alpha value is -2.47. The van der Waals surface area contributed by atoms with Gasteiger partial charge in [-0.3, -0.25) is 4.79 Å². The number of ether oxygens (including phenoxy) is 3. The molecule has 22 heavy (non-hydrogen) atoms. The summed E-state index contributed by atoms with van der Waals surface area (Å²) in [5, 5.41) is 9.46. The van der Waals surface area contributed by atoms with Gasteiger partial charge in [-0.1, -0.05) is 15.9 Å². The second-order valence-corrected chi connectivity index (χ2v) is 5.70. The van der Waals surface area contributed by atoms with Crippen LogP contribution in [0.4, 0.5) is 0 Å². The van der Waals surface area contributed by atoms with Crippen LogP contribution in [0.2, 0.25) is 0 Å². The van der Waals surface area contributed by atoms with Crippen LogP contribution in [0.15, 0.2) is 40.6 Å². The molecule has 0 aliphatic carbocycles. The second-order valence-electron chi connectivity index (χ2n) is 4.85. The summed E-state index contributed by atoms with van der Waals surface area (Å²) in [6.45, 7) is 0.182. The number of phenolic OH excluding ortho intramolecular Hbond substituents is 1. The molecule has 5 nitrogen and oxygen atoms in total. The van der Waals surface area contributed by atoms with Crippen LogP contribution in [-0.4, -0.2) is 17.7 Å². The zero-order valence-electron chi connectivity index (χ0n) is 11.1. The van der Waals surface area contributed by atoms with Crippen molar-refractivity contribution in [3.05, 3.63) is 51.7 Å². The number of fused-ring (bicyclic) bond motifs is 2. The van der Waals surface area contributed by atoms with E-state index in [1.807, 2.05) is 0 Å². The first kappa shape index (κ1) is 13.2. The third-order valence-electron chi connectivity index (χ3n) is 3.43. The summed E-state index contributed by atoms with van der Waals surface area (Å²) in [6, 6.07) is 7.98. The minimum Gasteiger partial charge on any atom is -0.508 e. The molecule has 2 aliphatic heterocycles. The zero-order chi connectivity index (χ0) is 15.3. The molecular formula is C16H9BrO5. The predicted octanol–water partition coefficient (Wildman–Crippen LogP) is 3.50. The van der Waals surface area contributed by atoms with Crippen molar-refractivity contribution in [3.63, 3.8) is 0 Å². The predicted molar refractivity (Wildman–Crippen MR) is 81.3 cm³/mol. The first-order chi connectivity index (χ1) is 10.6. The fraction of sp³-hybridized carbons (Fsp3) is 0.0625. The Morgan fingerprint density at radius 2 is 1.86 bits per heavy atom. The highest BCUT2D eigenvalue weighted by Gasteiger charge is 2.28. The van der Waals surface area contributed by atoms with Gasteiger partial charge >= 0.3 is 0 Å². The Kier molecular flexibility index (Phi) is 2.87. The SMILES string of the molecule is O=C1C(=Cc2cc3c(cc2Br)OCO3)Oc2cc(O)ccc21. The molecule has 0 fully saturated rings. The minimum absolute atomic E-state index is 0.0528. The van der Waals surface area contributed by atoms with Gasteiger partial charge in [0, 0.05) is 10.5 Å². The smallest absolute Gasteiger partial charge is 0.231 e. The molecule has 0 saturated heterocycles. The number of aromatic hydroxyl groups is 1. The lowest BCUT2D eigenvalue weighted by atomic mass is 10.1. The van der Waals surface area contributed by atoms with Gasteiger partial charge in [-0.25, -0.2) is 0 Å². The molecule has 0 saturated carbocycles. The standard InChI is InChI=1S/C16H9BrO5/c17-11-6-14-13(20-7-21-14)3-8(11)4-15-16(19)10-2-1-9(18)5-12(10)22-15/h1-6,18H,7H2. The number of carbonyl (C=O) groups excluding carboxylic acids is 1. The van der Waals surface area contributed by atoms with Crippen LogP contribution in [0.5, 0.6) is 23.0 Å². The number of Topliss-reactive ketones (excluding diaryl/α,β-unsaturated/α-hetero) is 1. The number of ketones is 1. The number of halogens is 1. The zero-order valence-corrected chi connectivity index (χ0v) is 12.7. The van der Waals surface area contributed by atoms with E-state index < -0.39 is 0 Å². The molecule has 0 atom stereocenters. The molecule has 2 heterocycles. The lowest BCUT2D eigenvalue weighted by Crippen LogP contribution is -1.98. The van der Waals surface area contributed by atoms with E-state index in [1.54, 1.807) is 24.3 Å². The summed E-state index contributed by atoms with van der Waals surface area (Å²) >= 11 is 3.44. The quantitative estimate of drug-likeness (QED) is 0.788. The van der Waals surface area contributed by atoms with E-state index in [9.17, 15) is 9.90 Å². The normalized spacial score (nSPS) is 16.8. The van der Waals surface area contributed by atoms with E-state index in [1.165, 1.54) is 12.1 Å². The molecule has 1 N–H and O–H groups in total. The largest absolute Gasteiger partial charge is 0.508 e. The lowest BCUT2D eigenvalue weighted by Gasteiger charge is -2.03.